The van der Waals surface area contributed by atoms with Gasteiger partial charge in [0.05, 0.1) is 16.6 Å². The monoisotopic (exact) mass is 221 g/mol. The lowest BCUT2D eigenvalue weighted by Crippen LogP contribution is -2.54. The van der Waals surface area contributed by atoms with E-state index in [0.29, 0.717) is 5.95 Å². The molecule has 1 aliphatic rings. The number of carbonyl (C=O) groups excluding carboxylic acids is 1. The van der Waals surface area contributed by atoms with Gasteiger partial charge in [0.15, 0.2) is 0 Å². The first-order chi connectivity index (χ1) is 7.19. The molecule has 0 saturated carbocycles. The fourth-order valence-corrected chi connectivity index (χ4v) is 2.19. The molecule has 4 heteroatoms. The molecular weight excluding hydrogens is 202 g/mol. The van der Waals surface area contributed by atoms with E-state index in [9.17, 15) is 4.79 Å². The molecule has 16 heavy (non-hydrogen) atoms. The molecule has 2 heterocycles. The molecule has 0 spiro atoms. The lowest BCUT2D eigenvalue weighted by Gasteiger charge is -2.46. The van der Waals surface area contributed by atoms with Crippen LogP contribution in [-0.2, 0) is 10.3 Å². The quantitative estimate of drug-likeness (QED) is 0.730. The summed E-state index contributed by atoms with van der Waals surface area (Å²) in [6, 6.07) is 0. The van der Waals surface area contributed by atoms with Crippen LogP contribution in [0.3, 0.4) is 0 Å². The van der Waals surface area contributed by atoms with Crippen molar-refractivity contribution < 1.29 is 4.79 Å². The van der Waals surface area contributed by atoms with E-state index in [2.05, 4.69) is 28.7 Å². The van der Waals surface area contributed by atoms with Gasteiger partial charge in [-0.3, -0.25) is 10.1 Å². The smallest absolute Gasteiger partial charge is 0.234 e. The van der Waals surface area contributed by atoms with Crippen LogP contribution in [0.15, 0.2) is 0 Å². The van der Waals surface area contributed by atoms with Crippen molar-refractivity contribution in [2.24, 2.45) is 5.41 Å². The number of hydrogen-bond acceptors (Lipinski definition) is 2. The Morgan fingerprint density at radius 1 is 1.19 bits per heavy atom. The Bertz CT molecular complexity index is 469. The van der Waals surface area contributed by atoms with Gasteiger partial charge in [-0.2, -0.15) is 0 Å². The van der Waals surface area contributed by atoms with E-state index < -0.39 is 5.41 Å². The minimum atomic E-state index is -0.447. The fraction of sp³-hybridized carbons (Fsp3) is 0.667. The van der Waals surface area contributed by atoms with Crippen LogP contribution in [0.5, 0.6) is 0 Å². The lowest BCUT2D eigenvalue weighted by atomic mass is 9.72. The van der Waals surface area contributed by atoms with Gasteiger partial charge in [0.2, 0.25) is 11.9 Å². The maximum Gasteiger partial charge on any atom is 0.234 e. The molecule has 0 aromatic carbocycles. The fourth-order valence-electron chi connectivity index (χ4n) is 2.19. The summed E-state index contributed by atoms with van der Waals surface area (Å²) in [5, 5.41) is 2.88. The molecule has 1 aliphatic heterocycles. The van der Waals surface area contributed by atoms with Crippen molar-refractivity contribution in [3.8, 4) is 0 Å². The number of nitrogens with one attached hydrogen (secondary N) is 1. The number of rotatable bonds is 0. The molecular formula is C12H19N3O. The average Bonchev–Trinajstić information content (AvgIpc) is 2.40. The van der Waals surface area contributed by atoms with Crippen molar-refractivity contribution in [2.45, 2.75) is 47.1 Å². The molecule has 0 atom stereocenters. The summed E-state index contributed by atoms with van der Waals surface area (Å²) in [4.78, 5) is 16.4. The van der Waals surface area contributed by atoms with Gasteiger partial charge < -0.3 is 4.57 Å². The molecule has 0 radical (unpaired) electrons. The van der Waals surface area contributed by atoms with E-state index in [-0.39, 0.29) is 11.4 Å². The van der Waals surface area contributed by atoms with Crippen molar-refractivity contribution in [3.63, 3.8) is 0 Å². The predicted octanol–water partition coefficient (Wildman–Crippen LogP) is 2.21. The van der Waals surface area contributed by atoms with Crippen LogP contribution in [0.4, 0.5) is 5.95 Å². The minimum absolute atomic E-state index is 0.0370. The first-order valence-electron chi connectivity index (χ1n) is 5.57. The molecule has 1 aromatic rings. The number of imidazole rings is 1. The number of carbonyl (C=O) groups is 1. The first-order valence-corrected chi connectivity index (χ1v) is 5.57. The summed E-state index contributed by atoms with van der Waals surface area (Å²) in [6.07, 6.45) is 0. The van der Waals surface area contributed by atoms with Gasteiger partial charge >= 0.3 is 0 Å². The Morgan fingerprint density at radius 3 is 2.31 bits per heavy atom. The summed E-state index contributed by atoms with van der Waals surface area (Å²) in [6.45, 7) is 12.1. The Balaban J connectivity index is 2.74. The zero-order valence-electron chi connectivity index (χ0n) is 10.8. The van der Waals surface area contributed by atoms with Crippen LogP contribution in [0.2, 0.25) is 0 Å². The zero-order chi connectivity index (χ0) is 12.3. The van der Waals surface area contributed by atoms with Crippen LogP contribution >= 0.6 is 0 Å². The topological polar surface area (TPSA) is 46.9 Å². The maximum atomic E-state index is 12.1. The van der Waals surface area contributed by atoms with E-state index in [0.717, 1.165) is 11.4 Å². The second-order valence-electron chi connectivity index (χ2n) is 5.58. The van der Waals surface area contributed by atoms with E-state index in [4.69, 9.17) is 0 Å². The third kappa shape index (κ3) is 1.10. The van der Waals surface area contributed by atoms with Gasteiger partial charge in [0.1, 0.15) is 0 Å². The van der Waals surface area contributed by atoms with E-state index in [1.807, 2.05) is 27.7 Å². The van der Waals surface area contributed by atoms with Crippen molar-refractivity contribution in [2.75, 3.05) is 5.32 Å². The maximum absolute atomic E-state index is 12.1. The van der Waals surface area contributed by atoms with Gasteiger partial charge in [-0.25, -0.2) is 4.98 Å². The Hall–Kier alpha value is -1.32. The molecule has 0 saturated heterocycles. The zero-order valence-corrected chi connectivity index (χ0v) is 10.8. The molecule has 0 unspecified atom stereocenters. The number of amides is 1. The summed E-state index contributed by atoms with van der Waals surface area (Å²) < 4.78 is 2.13. The average molecular weight is 221 g/mol. The minimum Gasteiger partial charge on any atom is -0.308 e. The van der Waals surface area contributed by atoms with Crippen LogP contribution in [0, 0.1) is 19.3 Å². The molecule has 0 bridgehead atoms. The largest absolute Gasteiger partial charge is 0.308 e. The second-order valence-corrected chi connectivity index (χ2v) is 5.58. The number of aryl methyl sites for hydroxylation is 1. The highest BCUT2D eigenvalue weighted by Crippen LogP contribution is 2.44. The van der Waals surface area contributed by atoms with Gasteiger partial charge in [-0.1, -0.05) is 0 Å². The third-order valence-corrected chi connectivity index (χ3v) is 4.23. The summed E-state index contributed by atoms with van der Waals surface area (Å²) in [5.74, 6) is 0.708. The molecule has 88 valence electrons. The summed E-state index contributed by atoms with van der Waals surface area (Å²) in [7, 11) is 0. The number of aromatic nitrogens is 2. The molecule has 1 N–H and O–H groups in total. The number of hydrogen-bond donors (Lipinski definition) is 1. The highest BCUT2D eigenvalue weighted by atomic mass is 16.2. The Labute approximate surface area is 96.1 Å². The normalized spacial score (nSPS) is 21.5. The summed E-state index contributed by atoms with van der Waals surface area (Å²) in [5.41, 5.74) is 1.38. The molecule has 4 nitrogen and oxygen atoms in total. The predicted molar refractivity (Wildman–Crippen MR) is 63.4 cm³/mol. The van der Waals surface area contributed by atoms with Crippen molar-refractivity contribution in [3.05, 3.63) is 11.4 Å². The molecule has 1 amide bonds. The number of fused-ring (bicyclic) bond motifs is 1. The van der Waals surface area contributed by atoms with Gasteiger partial charge in [-0.15, -0.1) is 0 Å². The standard InChI is InChI=1S/C12H19N3O/c1-7-8(2)15-10(13-7)14-9(16)11(3,4)12(15,5)6/h1-6H3,(H,13,14,16). The van der Waals surface area contributed by atoms with Crippen LogP contribution in [-0.4, -0.2) is 15.5 Å². The molecule has 2 rings (SSSR count). The first kappa shape index (κ1) is 11.2. The molecule has 1 aromatic heterocycles. The second kappa shape index (κ2) is 2.87. The number of anilines is 1. The van der Waals surface area contributed by atoms with Gasteiger partial charge in [0.25, 0.3) is 0 Å². The van der Waals surface area contributed by atoms with Crippen molar-refractivity contribution in [1.82, 2.24) is 9.55 Å². The SMILES string of the molecule is Cc1nc2n(c1C)C(C)(C)C(C)(C)C(=O)N2. The lowest BCUT2D eigenvalue weighted by molar-refractivity contribution is -0.130. The Kier molecular flexibility index (Phi) is 2.00. The molecule has 0 fully saturated rings. The third-order valence-electron chi connectivity index (χ3n) is 4.23. The molecule has 0 aliphatic carbocycles. The highest BCUT2D eigenvalue weighted by Gasteiger charge is 2.49. The van der Waals surface area contributed by atoms with Gasteiger partial charge in [0, 0.05) is 5.69 Å². The van der Waals surface area contributed by atoms with E-state index in [1.165, 1.54) is 0 Å². The van der Waals surface area contributed by atoms with Crippen molar-refractivity contribution in [1.29, 1.82) is 0 Å². The Morgan fingerprint density at radius 2 is 1.75 bits per heavy atom. The van der Waals surface area contributed by atoms with Crippen LogP contribution in [0.1, 0.15) is 39.1 Å². The van der Waals surface area contributed by atoms with E-state index in [1.54, 1.807) is 0 Å². The van der Waals surface area contributed by atoms with Crippen LogP contribution < -0.4 is 5.32 Å². The summed E-state index contributed by atoms with van der Waals surface area (Å²) >= 11 is 0. The van der Waals surface area contributed by atoms with Crippen LogP contribution in [0.25, 0.3) is 0 Å². The van der Waals surface area contributed by atoms with E-state index >= 15 is 0 Å². The van der Waals surface area contributed by atoms with Crippen molar-refractivity contribution >= 4 is 11.9 Å². The number of nitrogens with zero attached hydrogens (tertiary/aromatic N) is 2. The van der Waals surface area contributed by atoms with Gasteiger partial charge in [-0.05, 0) is 41.5 Å². The highest BCUT2D eigenvalue weighted by molar-refractivity contribution is 5.96.